The summed E-state index contributed by atoms with van der Waals surface area (Å²) in [7, 11) is 0. The normalized spacial score (nSPS) is 18.2. The number of carbonyl (C=O) groups excluding carboxylic acids is 1. The van der Waals surface area contributed by atoms with Crippen LogP contribution in [0.25, 0.3) is 10.9 Å². The summed E-state index contributed by atoms with van der Waals surface area (Å²) in [4.78, 5) is 15.1. The molecule has 122 valence electrons. The minimum Gasteiger partial charge on any atom is -0.361 e. The van der Waals surface area contributed by atoms with Crippen LogP contribution in [0.5, 0.6) is 0 Å². The lowest BCUT2D eigenvalue weighted by Crippen LogP contribution is -2.24. The molecular formula is C19H23FN2O. The summed E-state index contributed by atoms with van der Waals surface area (Å²) < 4.78 is 13.2. The van der Waals surface area contributed by atoms with Gasteiger partial charge in [-0.3, -0.25) is 4.79 Å². The maximum absolute atomic E-state index is 13.2. The number of hydrogen-bond acceptors (Lipinski definition) is 1. The first-order valence-corrected chi connectivity index (χ1v) is 8.34. The Balaban J connectivity index is 1.52. The molecule has 1 heterocycles. The lowest BCUT2D eigenvalue weighted by molar-refractivity contribution is -0.116. The van der Waals surface area contributed by atoms with Crippen LogP contribution in [-0.4, -0.2) is 17.4 Å². The molecule has 23 heavy (non-hydrogen) atoms. The van der Waals surface area contributed by atoms with Crippen molar-refractivity contribution in [2.75, 3.05) is 6.54 Å². The number of carbonyl (C=O) groups is 1. The highest BCUT2D eigenvalue weighted by atomic mass is 19.1. The van der Waals surface area contributed by atoms with Crippen molar-refractivity contribution in [3.8, 4) is 0 Å². The maximum Gasteiger partial charge on any atom is 0.243 e. The van der Waals surface area contributed by atoms with Crippen molar-refractivity contribution in [3.05, 3.63) is 47.4 Å². The van der Waals surface area contributed by atoms with Crippen LogP contribution in [-0.2, 0) is 11.2 Å². The van der Waals surface area contributed by atoms with Crippen LogP contribution in [0.15, 0.2) is 36.0 Å². The highest BCUT2D eigenvalue weighted by Crippen LogP contribution is 2.27. The van der Waals surface area contributed by atoms with Gasteiger partial charge in [-0.2, -0.15) is 0 Å². The van der Waals surface area contributed by atoms with Gasteiger partial charge < -0.3 is 10.3 Å². The molecule has 0 bridgehead atoms. The van der Waals surface area contributed by atoms with E-state index in [0.717, 1.165) is 41.6 Å². The van der Waals surface area contributed by atoms with E-state index in [2.05, 4.69) is 17.2 Å². The van der Waals surface area contributed by atoms with Gasteiger partial charge in [0.1, 0.15) is 5.82 Å². The predicted molar refractivity (Wildman–Crippen MR) is 90.7 cm³/mol. The number of aromatic amines is 1. The number of nitrogens with one attached hydrogen (secondary N) is 2. The number of hydrogen-bond donors (Lipinski definition) is 2. The minimum absolute atomic E-state index is 0.000406. The van der Waals surface area contributed by atoms with Crippen LogP contribution < -0.4 is 5.32 Å². The molecule has 0 radical (unpaired) electrons. The van der Waals surface area contributed by atoms with E-state index in [1.165, 1.54) is 30.5 Å². The number of rotatable bonds is 4. The summed E-state index contributed by atoms with van der Waals surface area (Å²) in [6.45, 7) is 2.85. The molecule has 1 saturated carbocycles. The van der Waals surface area contributed by atoms with Crippen molar-refractivity contribution in [1.82, 2.24) is 10.3 Å². The van der Waals surface area contributed by atoms with Crippen molar-refractivity contribution >= 4 is 16.8 Å². The molecule has 3 rings (SSSR count). The number of allylic oxidation sites excluding steroid dienone is 1. The summed E-state index contributed by atoms with van der Waals surface area (Å²) in [5.74, 6) is 0.537. The second-order valence-corrected chi connectivity index (χ2v) is 6.53. The molecular weight excluding hydrogens is 291 g/mol. The van der Waals surface area contributed by atoms with Crippen molar-refractivity contribution in [2.24, 2.45) is 5.92 Å². The third kappa shape index (κ3) is 4.01. The fraction of sp³-hybridized carbons (Fsp3) is 0.421. The Kier molecular flexibility index (Phi) is 4.79. The van der Waals surface area contributed by atoms with E-state index in [-0.39, 0.29) is 11.7 Å². The monoisotopic (exact) mass is 314 g/mol. The van der Waals surface area contributed by atoms with Crippen molar-refractivity contribution in [3.63, 3.8) is 0 Å². The predicted octanol–water partition coefficient (Wildman–Crippen LogP) is 4.10. The summed E-state index contributed by atoms with van der Waals surface area (Å²) in [5, 5.41) is 3.97. The van der Waals surface area contributed by atoms with Crippen LogP contribution in [0.3, 0.4) is 0 Å². The molecule has 1 amide bonds. The Morgan fingerprint density at radius 2 is 2.17 bits per heavy atom. The first-order chi connectivity index (χ1) is 11.1. The fourth-order valence-corrected chi connectivity index (χ4v) is 3.20. The number of H-pyrrole nitrogens is 1. The molecule has 4 heteroatoms. The molecule has 0 saturated heterocycles. The van der Waals surface area contributed by atoms with Gasteiger partial charge in [-0.15, -0.1) is 0 Å². The van der Waals surface area contributed by atoms with E-state index < -0.39 is 0 Å². The van der Waals surface area contributed by atoms with Gasteiger partial charge in [0.25, 0.3) is 0 Å². The van der Waals surface area contributed by atoms with E-state index in [1.54, 1.807) is 12.1 Å². The molecule has 1 fully saturated rings. The second kappa shape index (κ2) is 6.99. The summed E-state index contributed by atoms with van der Waals surface area (Å²) in [6, 6.07) is 4.74. The third-order valence-corrected chi connectivity index (χ3v) is 4.67. The minimum atomic E-state index is -0.243. The lowest BCUT2D eigenvalue weighted by atomic mass is 9.87. The Morgan fingerprint density at radius 1 is 1.39 bits per heavy atom. The first kappa shape index (κ1) is 15.8. The Morgan fingerprint density at radius 3 is 2.96 bits per heavy atom. The molecule has 3 nitrogen and oxygen atoms in total. The van der Waals surface area contributed by atoms with Crippen LogP contribution in [0.2, 0.25) is 0 Å². The number of amides is 1. The van der Waals surface area contributed by atoms with E-state index in [9.17, 15) is 9.18 Å². The van der Waals surface area contributed by atoms with E-state index >= 15 is 0 Å². The van der Waals surface area contributed by atoms with Gasteiger partial charge in [-0.25, -0.2) is 4.39 Å². The van der Waals surface area contributed by atoms with Crippen LogP contribution >= 0.6 is 0 Å². The van der Waals surface area contributed by atoms with E-state index in [1.807, 2.05) is 6.20 Å². The Hall–Kier alpha value is -2.10. The molecule has 1 aliphatic carbocycles. The van der Waals surface area contributed by atoms with Crippen molar-refractivity contribution < 1.29 is 9.18 Å². The smallest absolute Gasteiger partial charge is 0.243 e. The molecule has 1 aromatic heterocycles. The largest absolute Gasteiger partial charge is 0.361 e. The zero-order valence-electron chi connectivity index (χ0n) is 13.5. The number of aromatic nitrogens is 1. The fourth-order valence-electron chi connectivity index (χ4n) is 3.20. The highest BCUT2D eigenvalue weighted by Gasteiger charge is 2.13. The Labute approximate surface area is 136 Å². The lowest BCUT2D eigenvalue weighted by Gasteiger charge is -2.19. The Bertz CT molecular complexity index is 722. The van der Waals surface area contributed by atoms with E-state index in [0.29, 0.717) is 6.54 Å². The molecule has 0 atom stereocenters. The van der Waals surface area contributed by atoms with Gasteiger partial charge in [0, 0.05) is 29.7 Å². The quantitative estimate of drug-likeness (QED) is 0.820. The molecule has 1 aliphatic rings. The maximum atomic E-state index is 13.2. The van der Waals surface area contributed by atoms with Gasteiger partial charge in [0.15, 0.2) is 0 Å². The van der Waals surface area contributed by atoms with Gasteiger partial charge in [-0.05, 0) is 61.8 Å². The highest BCUT2D eigenvalue weighted by molar-refractivity contribution is 5.88. The van der Waals surface area contributed by atoms with Crippen molar-refractivity contribution in [2.45, 2.75) is 39.0 Å². The standard InChI is InChI=1S/C19H23FN2O/c1-13-2-4-14(5-3-13)10-19(23)21-9-8-15-12-22-18-11-16(20)6-7-17(15)18/h6-7,10-13,22H,2-5,8-9H2,1H3,(H,21,23). The molecule has 0 aliphatic heterocycles. The first-order valence-electron chi connectivity index (χ1n) is 8.34. The van der Waals surface area contributed by atoms with Crippen LogP contribution in [0.4, 0.5) is 4.39 Å². The molecule has 0 spiro atoms. The molecule has 2 aromatic rings. The van der Waals surface area contributed by atoms with Gasteiger partial charge in [0.2, 0.25) is 5.91 Å². The molecule has 0 unspecified atom stereocenters. The summed E-state index contributed by atoms with van der Waals surface area (Å²) >= 11 is 0. The zero-order chi connectivity index (χ0) is 16.2. The van der Waals surface area contributed by atoms with Gasteiger partial charge in [0.05, 0.1) is 0 Å². The second-order valence-electron chi connectivity index (χ2n) is 6.53. The number of fused-ring (bicyclic) bond motifs is 1. The average molecular weight is 314 g/mol. The third-order valence-electron chi connectivity index (χ3n) is 4.67. The summed E-state index contributed by atoms with van der Waals surface area (Å²) in [5.41, 5.74) is 3.16. The summed E-state index contributed by atoms with van der Waals surface area (Å²) in [6.07, 6.45) is 8.85. The van der Waals surface area contributed by atoms with Crippen molar-refractivity contribution in [1.29, 1.82) is 0 Å². The van der Waals surface area contributed by atoms with Crippen LogP contribution in [0, 0.1) is 11.7 Å². The molecule has 2 N–H and O–H groups in total. The SMILES string of the molecule is CC1CCC(=CC(=O)NCCc2c[nH]c3cc(F)ccc23)CC1. The van der Waals surface area contributed by atoms with Gasteiger partial charge in [-0.1, -0.05) is 12.5 Å². The number of halogens is 1. The molecule has 1 aromatic carbocycles. The van der Waals surface area contributed by atoms with Gasteiger partial charge >= 0.3 is 0 Å². The average Bonchev–Trinajstić information content (AvgIpc) is 2.92. The topological polar surface area (TPSA) is 44.9 Å². The number of benzene rings is 1. The van der Waals surface area contributed by atoms with E-state index in [4.69, 9.17) is 0 Å². The van der Waals surface area contributed by atoms with Crippen LogP contribution in [0.1, 0.15) is 38.2 Å². The zero-order valence-corrected chi connectivity index (χ0v) is 13.5.